The summed E-state index contributed by atoms with van der Waals surface area (Å²) < 4.78 is 5.71. The fourth-order valence-electron chi connectivity index (χ4n) is 2.42. The van der Waals surface area contributed by atoms with E-state index in [0.717, 1.165) is 48.2 Å². The van der Waals surface area contributed by atoms with Gasteiger partial charge >= 0.3 is 0 Å². The first-order valence-electron chi connectivity index (χ1n) is 6.08. The molecule has 0 radical (unpaired) electrons. The number of benzene rings is 1. The monoisotopic (exact) mass is 231 g/mol. The maximum Gasteiger partial charge on any atom is 0.209 e. The molecule has 90 valence electrons. The number of fused-ring (bicyclic) bond motifs is 1. The van der Waals surface area contributed by atoms with Crippen molar-refractivity contribution in [2.75, 3.05) is 18.8 Å². The molecule has 0 spiro atoms. The molecule has 1 aromatic heterocycles. The van der Waals surface area contributed by atoms with Crippen LogP contribution < -0.4 is 5.73 Å². The third kappa shape index (κ3) is 2.13. The molecule has 0 saturated carbocycles. The number of nitrogen functional groups attached to an aromatic ring is 1. The summed E-state index contributed by atoms with van der Waals surface area (Å²) in [6.45, 7) is 5.37. The van der Waals surface area contributed by atoms with Gasteiger partial charge in [-0.3, -0.25) is 4.90 Å². The summed E-state index contributed by atoms with van der Waals surface area (Å²) in [6.07, 6.45) is 1.27. The molecule has 2 aromatic rings. The van der Waals surface area contributed by atoms with E-state index in [4.69, 9.17) is 10.2 Å². The summed E-state index contributed by atoms with van der Waals surface area (Å²) in [6, 6.07) is 5.59. The number of anilines is 1. The summed E-state index contributed by atoms with van der Waals surface area (Å²) in [5.41, 5.74) is 8.11. The average Bonchev–Trinajstić information content (AvgIpc) is 2.84. The number of hydrogen-bond donors (Lipinski definition) is 1. The van der Waals surface area contributed by atoms with E-state index in [-0.39, 0.29) is 0 Å². The van der Waals surface area contributed by atoms with E-state index in [1.807, 2.05) is 18.2 Å². The number of nitrogens with zero attached hydrogens (tertiary/aromatic N) is 2. The lowest BCUT2D eigenvalue weighted by Gasteiger charge is -2.11. The van der Waals surface area contributed by atoms with Gasteiger partial charge in [0.05, 0.1) is 6.54 Å². The summed E-state index contributed by atoms with van der Waals surface area (Å²) in [7, 11) is 0. The molecule has 0 bridgehead atoms. The lowest BCUT2D eigenvalue weighted by molar-refractivity contribution is 0.287. The number of hydrogen-bond acceptors (Lipinski definition) is 4. The third-order valence-corrected chi connectivity index (χ3v) is 3.32. The molecule has 1 saturated heterocycles. The van der Waals surface area contributed by atoms with Gasteiger partial charge < -0.3 is 10.2 Å². The van der Waals surface area contributed by atoms with Gasteiger partial charge in [0.25, 0.3) is 0 Å². The fraction of sp³-hybridized carbons (Fsp3) is 0.462. The molecule has 1 fully saturated rings. The zero-order valence-electron chi connectivity index (χ0n) is 10.0. The van der Waals surface area contributed by atoms with Crippen LogP contribution in [0.5, 0.6) is 0 Å². The number of likely N-dealkylation sites (tertiary alicyclic amines) is 1. The molecule has 1 aliphatic heterocycles. The molecule has 1 aliphatic rings. The van der Waals surface area contributed by atoms with Crippen LogP contribution in [0, 0.1) is 5.92 Å². The molecule has 0 amide bonds. The van der Waals surface area contributed by atoms with Crippen molar-refractivity contribution in [3.63, 3.8) is 0 Å². The van der Waals surface area contributed by atoms with Crippen LogP contribution in [0.2, 0.25) is 0 Å². The van der Waals surface area contributed by atoms with Gasteiger partial charge in [-0.25, -0.2) is 4.98 Å². The Balaban J connectivity index is 1.81. The van der Waals surface area contributed by atoms with E-state index >= 15 is 0 Å². The first-order valence-corrected chi connectivity index (χ1v) is 6.08. The Morgan fingerprint density at radius 2 is 2.41 bits per heavy atom. The van der Waals surface area contributed by atoms with Gasteiger partial charge in [0.1, 0.15) is 5.52 Å². The van der Waals surface area contributed by atoms with Crippen LogP contribution in [0.3, 0.4) is 0 Å². The maximum atomic E-state index is 5.72. The molecule has 1 aromatic carbocycles. The minimum Gasteiger partial charge on any atom is -0.439 e. The van der Waals surface area contributed by atoms with Crippen molar-refractivity contribution in [3.05, 3.63) is 24.1 Å². The van der Waals surface area contributed by atoms with Crippen LogP contribution in [0.1, 0.15) is 19.2 Å². The molecule has 1 atom stereocenters. The van der Waals surface area contributed by atoms with E-state index in [0.29, 0.717) is 0 Å². The van der Waals surface area contributed by atoms with Gasteiger partial charge in [0.15, 0.2) is 5.58 Å². The quantitative estimate of drug-likeness (QED) is 0.805. The van der Waals surface area contributed by atoms with Gasteiger partial charge in [-0.2, -0.15) is 0 Å². The van der Waals surface area contributed by atoms with Gasteiger partial charge in [-0.05, 0) is 31.0 Å². The van der Waals surface area contributed by atoms with E-state index in [1.54, 1.807) is 0 Å². The van der Waals surface area contributed by atoms with E-state index in [1.165, 1.54) is 6.42 Å². The molecule has 4 nitrogen and oxygen atoms in total. The number of aromatic nitrogens is 1. The minimum atomic E-state index is 0.718. The zero-order chi connectivity index (χ0) is 11.8. The molecule has 3 rings (SSSR count). The summed E-state index contributed by atoms with van der Waals surface area (Å²) in [5.74, 6) is 1.58. The molecule has 2 N–H and O–H groups in total. The largest absolute Gasteiger partial charge is 0.439 e. The lowest BCUT2D eigenvalue weighted by atomic mass is 10.2. The molecule has 1 unspecified atom stereocenters. The van der Waals surface area contributed by atoms with Crippen molar-refractivity contribution in [1.29, 1.82) is 0 Å². The highest BCUT2D eigenvalue weighted by Crippen LogP contribution is 2.21. The van der Waals surface area contributed by atoms with Crippen molar-refractivity contribution >= 4 is 16.8 Å². The Labute approximate surface area is 100 Å². The predicted molar refractivity (Wildman–Crippen MR) is 67.5 cm³/mol. The van der Waals surface area contributed by atoms with Crippen molar-refractivity contribution in [3.8, 4) is 0 Å². The summed E-state index contributed by atoms with van der Waals surface area (Å²) in [4.78, 5) is 6.87. The molecular formula is C13H17N3O. The highest BCUT2D eigenvalue weighted by molar-refractivity contribution is 5.76. The van der Waals surface area contributed by atoms with Crippen LogP contribution in [0.25, 0.3) is 11.1 Å². The Hall–Kier alpha value is -1.55. The van der Waals surface area contributed by atoms with Crippen LogP contribution >= 0.6 is 0 Å². The van der Waals surface area contributed by atoms with Gasteiger partial charge in [-0.15, -0.1) is 0 Å². The standard InChI is InChI=1S/C13H17N3O/c1-9-4-5-16(7-9)8-13-15-11-3-2-10(14)6-12(11)17-13/h2-3,6,9H,4-5,7-8,14H2,1H3. The Morgan fingerprint density at radius 1 is 1.53 bits per heavy atom. The zero-order valence-corrected chi connectivity index (χ0v) is 10.0. The molecule has 0 aliphatic carbocycles. The predicted octanol–water partition coefficient (Wildman–Crippen LogP) is 2.25. The van der Waals surface area contributed by atoms with E-state index < -0.39 is 0 Å². The Bertz CT molecular complexity index is 534. The topological polar surface area (TPSA) is 55.3 Å². The molecule has 2 heterocycles. The van der Waals surface area contributed by atoms with Crippen LogP contribution in [-0.2, 0) is 6.54 Å². The smallest absolute Gasteiger partial charge is 0.209 e. The van der Waals surface area contributed by atoms with Gasteiger partial charge in [0.2, 0.25) is 5.89 Å². The summed E-state index contributed by atoms with van der Waals surface area (Å²) in [5, 5.41) is 0. The van der Waals surface area contributed by atoms with Crippen molar-refractivity contribution in [2.24, 2.45) is 5.92 Å². The van der Waals surface area contributed by atoms with Crippen LogP contribution in [0.15, 0.2) is 22.6 Å². The van der Waals surface area contributed by atoms with Crippen molar-refractivity contribution in [2.45, 2.75) is 19.9 Å². The Kier molecular flexibility index (Phi) is 2.52. The van der Waals surface area contributed by atoms with Crippen LogP contribution in [0.4, 0.5) is 5.69 Å². The molecular weight excluding hydrogens is 214 g/mol. The SMILES string of the molecule is CC1CCN(Cc2nc3ccc(N)cc3o2)C1. The van der Waals surface area contributed by atoms with Gasteiger partial charge in [0, 0.05) is 18.3 Å². The second-order valence-electron chi connectivity index (χ2n) is 4.96. The molecule has 4 heteroatoms. The molecule has 17 heavy (non-hydrogen) atoms. The normalized spacial score (nSPS) is 21.4. The van der Waals surface area contributed by atoms with Crippen molar-refractivity contribution < 1.29 is 4.42 Å². The van der Waals surface area contributed by atoms with E-state index in [9.17, 15) is 0 Å². The second kappa shape index (κ2) is 4.04. The average molecular weight is 231 g/mol. The summed E-state index contributed by atoms with van der Waals surface area (Å²) >= 11 is 0. The number of rotatable bonds is 2. The Morgan fingerprint density at radius 3 is 3.18 bits per heavy atom. The van der Waals surface area contributed by atoms with Crippen LogP contribution in [-0.4, -0.2) is 23.0 Å². The third-order valence-electron chi connectivity index (χ3n) is 3.32. The maximum absolute atomic E-state index is 5.72. The number of nitrogens with two attached hydrogens (primary N) is 1. The van der Waals surface area contributed by atoms with E-state index in [2.05, 4.69) is 16.8 Å². The number of oxazole rings is 1. The fourth-order valence-corrected chi connectivity index (χ4v) is 2.42. The van der Waals surface area contributed by atoms with Crippen molar-refractivity contribution in [1.82, 2.24) is 9.88 Å². The highest BCUT2D eigenvalue weighted by Gasteiger charge is 2.20. The minimum absolute atomic E-state index is 0.718. The first-order chi connectivity index (χ1) is 8.20. The first kappa shape index (κ1) is 10.6. The highest BCUT2D eigenvalue weighted by atomic mass is 16.3. The lowest BCUT2D eigenvalue weighted by Crippen LogP contribution is -2.19. The van der Waals surface area contributed by atoms with Gasteiger partial charge in [-0.1, -0.05) is 6.92 Å². The second-order valence-corrected chi connectivity index (χ2v) is 4.96.